The minimum atomic E-state index is -2.59. The highest BCUT2D eigenvalue weighted by Crippen LogP contribution is 2.19. The molecule has 2 aromatic rings. The highest BCUT2D eigenvalue weighted by Gasteiger charge is 2.24. The molecule has 8 heteroatoms. The van der Waals surface area contributed by atoms with Gasteiger partial charge < -0.3 is 10.6 Å². The Morgan fingerprint density at radius 3 is 2.85 bits per heavy atom. The van der Waals surface area contributed by atoms with Crippen LogP contribution in [0, 0.1) is 0 Å². The number of rotatable bonds is 7. The van der Waals surface area contributed by atoms with E-state index in [2.05, 4.69) is 49.8 Å². The second-order valence-electron chi connectivity index (χ2n) is 6.59. The average molecular weight is 376 g/mol. The number of benzene rings is 1. The van der Waals surface area contributed by atoms with Gasteiger partial charge in [0.2, 0.25) is 0 Å². The van der Waals surface area contributed by atoms with E-state index in [1.807, 2.05) is 6.07 Å². The van der Waals surface area contributed by atoms with Gasteiger partial charge in [-0.25, -0.2) is 4.98 Å². The van der Waals surface area contributed by atoms with E-state index in [9.17, 15) is 8.78 Å². The summed E-state index contributed by atoms with van der Waals surface area (Å²) in [5, 5.41) is 6.37. The molecule has 6 nitrogen and oxygen atoms in total. The van der Waals surface area contributed by atoms with Crippen LogP contribution in [0.3, 0.4) is 0 Å². The second-order valence-corrected chi connectivity index (χ2v) is 6.59. The summed E-state index contributed by atoms with van der Waals surface area (Å²) in [6.07, 6.45) is 4.96. The van der Waals surface area contributed by atoms with Crippen LogP contribution in [-0.4, -0.2) is 46.6 Å². The van der Waals surface area contributed by atoms with Gasteiger partial charge in [0.1, 0.15) is 5.82 Å². The fourth-order valence-corrected chi connectivity index (χ4v) is 3.41. The first-order valence-electron chi connectivity index (χ1n) is 9.19. The summed E-state index contributed by atoms with van der Waals surface area (Å²) >= 11 is 0. The Morgan fingerprint density at radius 2 is 2.11 bits per heavy atom. The van der Waals surface area contributed by atoms with Crippen LogP contribution in [0.4, 0.5) is 8.78 Å². The van der Waals surface area contributed by atoms with Gasteiger partial charge in [0, 0.05) is 38.6 Å². The van der Waals surface area contributed by atoms with E-state index in [4.69, 9.17) is 0 Å². The average Bonchev–Trinajstić information content (AvgIpc) is 3.32. The van der Waals surface area contributed by atoms with Crippen molar-refractivity contribution in [2.45, 2.75) is 38.5 Å². The molecular formula is C19H26F2N6. The first-order valence-corrected chi connectivity index (χ1v) is 9.19. The Balaban J connectivity index is 1.49. The van der Waals surface area contributed by atoms with Gasteiger partial charge in [-0.2, -0.15) is 8.78 Å². The zero-order valence-electron chi connectivity index (χ0n) is 15.5. The van der Waals surface area contributed by atoms with Gasteiger partial charge in [-0.3, -0.25) is 14.5 Å². The number of hydrogen-bond acceptors (Lipinski definition) is 3. The Bertz CT molecular complexity index is 731. The topological polar surface area (TPSA) is 57.5 Å². The summed E-state index contributed by atoms with van der Waals surface area (Å²) in [4.78, 5) is 10.6. The van der Waals surface area contributed by atoms with Gasteiger partial charge in [0.05, 0.1) is 6.54 Å². The number of aromatic nitrogens is 2. The maximum absolute atomic E-state index is 12.9. The minimum Gasteiger partial charge on any atom is -0.355 e. The van der Waals surface area contributed by atoms with Crippen LogP contribution in [0.25, 0.3) is 0 Å². The Morgan fingerprint density at radius 1 is 1.30 bits per heavy atom. The number of aliphatic imine (C=N–C) groups is 1. The fourth-order valence-electron chi connectivity index (χ4n) is 3.41. The van der Waals surface area contributed by atoms with Gasteiger partial charge in [0.15, 0.2) is 5.96 Å². The van der Waals surface area contributed by atoms with Crippen molar-refractivity contribution in [2.24, 2.45) is 4.99 Å². The second kappa shape index (κ2) is 9.45. The van der Waals surface area contributed by atoms with Gasteiger partial charge in [-0.15, -0.1) is 0 Å². The monoisotopic (exact) mass is 376 g/mol. The zero-order chi connectivity index (χ0) is 19.1. The molecule has 0 radical (unpaired) electrons. The van der Waals surface area contributed by atoms with Crippen molar-refractivity contribution in [3.8, 4) is 0 Å². The summed E-state index contributed by atoms with van der Waals surface area (Å²) in [7, 11) is 1.67. The first-order chi connectivity index (χ1) is 13.2. The van der Waals surface area contributed by atoms with Crippen molar-refractivity contribution in [3.63, 3.8) is 0 Å². The summed E-state index contributed by atoms with van der Waals surface area (Å²) < 4.78 is 26.6. The molecule has 1 atom stereocenters. The number of alkyl halides is 2. The molecule has 2 N–H and O–H groups in total. The lowest BCUT2D eigenvalue weighted by atomic mass is 10.2. The van der Waals surface area contributed by atoms with Crippen LogP contribution >= 0.6 is 0 Å². The maximum atomic E-state index is 12.9. The minimum absolute atomic E-state index is 0.190. The number of halogens is 2. The quantitative estimate of drug-likeness (QED) is 0.576. The largest absolute Gasteiger partial charge is 0.355 e. The van der Waals surface area contributed by atoms with Gasteiger partial charge >= 0.3 is 6.55 Å². The molecule has 0 amide bonds. The van der Waals surface area contributed by atoms with Gasteiger partial charge in [-0.1, -0.05) is 30.3 Å². The molecule has 1 fully saturated rings. The lowest BCUT2D eigenvalue weighted by molar-refractivity contribution is 0.0668. The van der Waals surface area contributed by atoms with Crippen molar-refractivity contribution in [3.05, 3.63) is 54.1 Å². The van der Waals surface area contributed by atoms with E-state index in [1.54, 1.807) is 7.05 Å². The van der Waals surface area contributed by atoms with E-state index in [0.29, 0.717) is 12.0 Å². The van der Waals surface area contributed by atoms with Crippen molar-refractivity contribution in [2.75, 3.05) is 20.1 Å². The fraction of sp³-hybridized carbons (Fsp3) is 0.474. The smallest absolute Gasteiger partial charge is 0.319 e. The molecule has 1 aromatic carbocycles. The highest BCUT2D eigenvalue weighted by atomic mass is 19.3. The van der Waals surface area contributed by atoms with Crippen molar-refractivity contribution in [1.82, 2.24) is 25.1 Å². The van der Waals surface area contributed by atoms with Crippen molar-refractivity contribution >= 4 is 5.96 Å². The molecule has 1 aliphatic rings. The van der Waals surface area contributed by atoms with Crippen LogP contribution in [0.1, 0.15) is 30.8 Å². The molecular weight excluding hydrogens is 350 g/mol. The summed E-state index contributed by atoms with van der Waals surface area (Å²) in [6, 6.07) is 10.9. The molecule has 2 heterocycles. The van der Waals surface area contributed by atoms with Crippen LogP contribution in [0.5, 0.6) is 0 Å². The number of nitrogens with zero attached hydrogens (tertiary/aromatic N) is 4. The standard InChI is InChI=1S/C19H26F2N6/c1-22-19(25-13-17-23-9-11-27(17)18(20)21)24-12-16-8-5-10-26(16)14-15-6-3-2-4-7-15/h2-4,6-7,9,11,16,18H,5,8,10,12-14H2,1H3,(H2,22,24,25). The predicted octanol–water partition coefficient (Wildman–Crippen LogP) is 2.61. The SMILES string of the molecule is CN=C(NCc1nccn1C(F)F)NCC1CCCN1Cc1ccccc1. The molecule has 0 aliphatic carbocycles. The van der Waals surface area contributed by atoms with Crippen LogP contribution in [0.2, 0.25) is 0 Å². The number of guanidine groups is 1. The Hall–Kier alpha value is -2.48. The number of hydrogen-bond donors (Lipinski definition) is 2. The molecule has 0 bridgehead atoms. The predicted molar refractivity (Wildman–Crippen MR) is 102 cm³/mol. The number of nitrogens with one attached hydrogen (secondary N) is 2. The zero-order valence-corrected chi connectivity index (χ0v) is 15.5. The molecule has 1 unspecified atom stereocenters. The summed E-state index contributed by atoms with van der Waals surface area (Å²) in [5.41, 5.74) is 1.31. The van der Waals surface area contributed by atoms with E-state index in [1.165, 1.54) is 24.4 Å². The highest BCUT2D eigenvalue weighted by molar-refractivity contribution is 5.79. The van der Waals surface area contributed by atoms with E-state index >= 15 is 0 Å². The number of likely N-dealkylation sites (tertiary alicyclic amines) is 1. The summed E-state index contributed by atoms with van der Waals surface area (Å²) in [6.45, 7) is 0.374. The molecule has 27 heavy (non-hydrogen) atoms. The molecule has 0 saturated carbocycles. The van der Waals surface area contributed by atoms with Crippen LogP contribution in [-0.2, 0) is 13.1 Å². The normalized spacial score (nSPS) is 18.2. The molecule has 1 aromatic heterocycles. The molecule has 146 valence electrons. The van der Waals surface area contributed by atoms with E-state index < -0.39 is 6.55 Å². The van der Waals surface area contributed by atoms with Crippen molar-refractivity contribution < 1.29 is 8.78 Å². The van der Waals surface area contributed by atoms with Gasteiger partial charge in [0.25, 0.3) is 0 Å². The third-order valence-corrected chi connectivity index (χ3v) is 4.83. The third-order valence-electron chi connectivity index (χ3n) is 4.83. The lowest BCUT2D eigenvalue weighted by Crippen LogP contribution is -2.44. The maximum Gasteiger partial charge on any atom is 0.319 e. The first kappa shape index (κ1) is 19.3. The van der Waals surface area contributed by atoms with E-state index in [-0.39, 0.29) is 12.4 Å². The van der Waals surface area contributed by atoms with Crippen LogP contribution < -0.4 is 10.6 Å². The van der Waals surface area contributed by atoms with Gasteiger partial charge in [-0.05, 0) is 24.9 Å². The van der Waals surface area contributed by atoms with Crippen LogP contribution in [0.15, 0.2) is 47.7 Å². The summed E-state index contributed by atoms with van der Waals surface area (Å²) in [5.74, 6) is 0.866. The van der Waals surface area contributed by atoms with E-state index in [0.717, 1.165) is 30.6 Å². The molecule has 3 rings (SSSR count). The molecule has 0 spiro atoms. The Labute approximate surface area is 158 Å². The Kier molecular flexibility index (Phi) is 6.75. The third kappa shape index (κ3) is 5.26. The van der Waals surface area contributed by atoms with Crippen molar-refractivity contribution in [1.29, 1.82) is 0 Å². The number of imidazole rings is 1. The molecule has 1 aliphatic heterocycles. The molecule has 1 saturated heterocycles. The lowest BCUT2D eigenvalue weighted by Gasteiger charge is -2.25.